The molecule has 0 radical (unpaired) electrons. The Kier molecular flexibility index (Phi) is 3.67. The molecule has 0 unspecified atom stereocenters. The molecular weight excluding hydrogens is 287 g/mol. The summed E-state index contributed by atoms with van der Waals surface area (Å²) in [7, 11) is 0. The molecule has 1 heterocycles. The van der Waals surface area contributed by atoms with Gasteiger partial charge in [0, 0.05) is 17.2 Å². The van der Waals surface area contributed by atoms with Gasteiger partial charge in [-0.1, -0.05) is 41.9 Å². The van der Waals surface area contributed by atoms with E-state index >= 15 is 0 Å². The van der Waals surface area contributed by atoms with Gasteiger partial charge in [-0.3, -0.25) is 0 Å². The summed E-state index contributed by atoms with van der Waals surface area (Å²) in [5.74, 6) is 0.244. The molecule has 2 aromatic carbocycles. The lowest BCUT2D eigenvalue weighted by atomic mass is 10.1. The molecule has 0 spiro atoms. The largest absolute Gasteiger partial charge is 0.228 e. The van der Waals surface area contributed by atoms with E-state index in [1.807, 2.05) is 30.3 Å². The first kappa shape index (κ1) is 13.7. The average Bonchev–Trinajstić information content (AvgIpc) is 2.50. The number of hydrogen-bond acceptors (Lipinski definition) is 2. The van der Waals surface area contributed by atoms with Crippen molar-refractivity contribution in [2.75, 3.05) is 0 Å². The fourth-order valence-electron chi connectivity index (χ4n) is 2.09. The van der Waals surface area contributed by atoms with Gasteiger partial charge >= 0.3 is 0 Å². The van der Waals surface area contributed by atoms with E-state index in [1.165, 1.54) is 6.07 Å². The van der Waals surface area contributed by atoms with E-state index in [0.717, 1.165) is 16.8 Å². The van der Waals surface area contributed by atoms with Gasteiger partial charge in [-0.05, 0) is 30.7 Å². The summed E-state index contributed by atoms with van der Waals surface area (Å²) in [6.07, 6.45) is 0. The van der Waals surface area contributed by atoms with Gasteiger partial charge in [0.25, 0.3) is 0 Å². The first-order valence-corrected chi connectivity index (χ1v) is 6.88. The summed E-state index contributed by atoms with van der Waals surface area (Å²) < 4.78 is 13.4. The molecule has 0 saturated carbocycles. The molecule has 1 aromatic heterocycles. The van der Waals surface area contributed by atoms with Crippen LogP contribution in [0.25, 0.3) is 22.6 Å². The Morgan fingerprint density at radius 3 is 2.38 bits per heavy atom. The highest BCUT2D eigenvalue weighted by Crippen LogP contribution is 2.25. The van der Waals surface area contributed by atoms with Crippen LogP contribution < -0.4 is 0 Å². The average molecular weight is 299 g/mol. The second kappa shape index (κ2) is 5.62. The summed E-state index contributed by atoms with van der Waals surface area (Å²) in [5, 5.41) is 0.362. The van der Waals surface area contributed by atoms with Gasteiger partial charge in [-0.2, -0.15) is 0 Å². The van der Waals surface area contributed by atoms with Gasteiger partial charge in [-0.15, -0.1) is 0 Å². The Morgan fingerprint density at radius 1 is 0.905 bits per heavy atom. The molecule has 2 nitrogen and oxygen atoms in total. The standard InChI is InChI=1S/C17H12ClFN2/c1-11-9-13(7-8-14(11)19)17-20-15(10-16(18)21-17)12-5-3-2-4-6-12/h2-10H,1H3. The van der Waals surface area contributed by atoms with Crippen LogP contribution in [-0.4, -0.2) is 9.97 Å². The highest BCUT2D eigenvalue weighted by Gasteiger charge is 2.09. The van der Waals surface area contributed by atoms with E-state index in [9.17, 15) is 4.39 Å². The number of aryl methyl sites for hydroxylation is 1. The van der Waals surface area contributed by atoms with Gasteiger partial charge in [0.05, 0.1) is 5.69 Å². The highest BCUT2D eigenvalue weighted by molar-refractivity contribution is 6.29. The van der Waals surface area contributed by atoms with Crippen molar-refractivity contribution in [3.63, 3.8) is 0 Å². The molecule has 0 bridgehead atoms. The lowest BCUT2D eigenvalue weighted by molar-refractivity contribution is 0.618. The number of halogens is 2. The number of rotatable bonds is 2. The molecule has 0 fully saturated rings. The Bertz CT molecular complexity index is 788. The molecule has 4 heteroatoms. The van der Waals surface area contributed by atoms with Gasteiger partial charge in [0.1, 0.15) is 11.0 Å². The maximum absolute atomic E-state index is 13.4. The molecule has 21 heavy (non-hydrogen) atoms. The number of hydrogen-bond donors (Lipinski definition) is 0. The molecule has 0 aliphatic carbocycles. The second-order valence-corrected chi connectivity index (χ2v) is 5.12. The van der Waals surface area contributed by atoms with Gasteiger partial charge in [0.2, 0.25) is 0 Å². The minimum atomic E-state index is -0.246. The third kappa shape index (κ3) is 2.93. The molecule has 0 aliphatic rings. The molecule has 0 atom stereocenters. The van der Waals surface area contributed by atoms with E-state index in [1.54, 1.807) is 25.1 Å². The molecule has 0 amide bonds. The van der Waals surface area contributed by atoms with Crippen molar-refractivity contribution >= 4 is 11.6 Å². The number of benzene rings is 2. The van der Waals surface area contributed by atoms with Crippen LogP contribution in [0.2, 0.25) is 5.15 Å². The van der Waals surface area contributed by atoms with E-state index < -0.39 is 0 Å². The highest BCUT2D eigenvalue weighted by atomic mass is 35.5. The molecular formula is C17H12ClFN2. The van der Waals surface area contributed by atoms with Crippen molar-refractivity contribution in [3.05, 3.63) is 71.1 Å². The van der Waals surface area contributed by atoms with Gasteiger partial charge < -0.3 is 0 Å². The maximum Gasteiger partial charge on any atom is 0.161 e. The van der Waals surface area contributed by atoms with Crippen molar-refractivity contribution in [1.29, 1.82) is 0 Å². The van der Waals surface area contributed by atoms with Crippen LogP contribution in [0.4, 0.5) is 4.39 Å². The van der Waals surface area contributed by atoms with Crippen molar-refractivity contribution in [2.45, 2.75) is 6.92 Å². The fourth-order valence-corrected chi connectivity index (χ4v) is 2.27. The predicted molar refractivity (Wildman–Crippen MR) is 82.6 cm³/mol. The zero-order valence-corrected chi connectivity index (χ0v) is 12.1. The van der Waals surface area contributed by atoms with E-state index in [-0.39, 0.29) is 5.82 Å². The van der Waals surface area contributed by atoms with Crippen LogP contribution in [-0.2, 0) is 0 Å². The molecule has 3 aromatic rings. The summed E-state index contributed by atoms with van der Waals surface area (Å²) >= 11 is 6.10. The maximum atomic E-state index is 13.4. The monoisotopic (exact) mass is 298 g/mol. The first-order valence-electron chi connectivity index (χ1n) is 6.50. The predicted octanol–water partition coefficient (Wildman–Crippen LogP) is 4.91. The minimum absolute atomic E-state index is 0.246. The summed E-state index contributed by atoms with van der Waals surface area (Å²) in [5.41, 5.74) is 3.00. The molecule has 0 N–H and O–H groups in total. The number of nitrogens with zero attached hydrogens (tertiary/aromatic N) is 2. The van der Waals surface area contributed by atoms with Crippen LogP contribution in [0.1, 0.15) is 5.56 Å². The van der Waals surface area contributed by atoms with Crippen molar-refractivity contribution in [1.82, 2.24) is 9.97 Å². The molecule has 0 saturated heterocycles. The van der Waals surface area contributed by atoms with Crippen LogP contribution in [0.3, 0.4) is 0 Å². The zero-order chi connectivity index (χ0) is 14.8. The normalized spacial score (nSPS) is 10.6. The topological polar surface area (TPSA) is 25.8 Å². The second-order valence-electron chi connectivity index (χ2n) is 4.73. The smallest absolute Gasteiger partial charge is 0.161 e. The Hall–Kier alpha value is -2.26. The molecule has 3 rings (SSSR count). The summed E-state index contributed by atoms with van der Waals surface area (Å²) in [4.78, 5) is 8.76. The van der Waals surface area contributed by atoms with E-state index in [4.69, 9.17) is 11.6 Å². The van der Waals surface area contributed by atoms with Crippen molar-refractivity contribution in [3.8, 4) is 22.6 Å². The van der Waals surface area contributed by atoms with Gasteiger partial charge in [-0.25, -0.2) is 14.4 Å². The number of aromatic nitrogens is 2. The lowest BCUT2D eigenvalue weighted by Crippen LogP contribution is -1.94. The van der Waals surface area contributed by atoms with E-state index in [2.05, 4.69) is 9.97 Å². The van der Waals surface area contributed by atoms with Crippen LogP contribution in [0, 0.1) is 12.7 Å². The third-order valence-electron chi connectivity index (χ3n) is 3.18. The van der Waals surface area contributed by atoms with Crippen molar-refractivity contribution < 1.29 is 4.39 Å². The Labute approximate surface area is 127 Å². The third-order valence-corrected chi connectivity index (χ3v) is 3.37. The Morgan fingerprint density at radius 2 is 1.67 bits per heavy atom. The van der Waals surface area contributed by atoms with Crippen LogP contribution in [0.15, 0.2) is 54.6 Å². The minimum Gasteiger partial charge on any atom is -0.228 e. The fraction of sp³-hybridized carbons (Fsp3) is 0.0588. The van der Waals surface area contributed by atoms with Gasteiger partial charge in [0.15, 0.2) is 5.82 Å². The SMILES string of the molecule is Cc1cc(-c2nc(Cl)cc(-c3ccccc3)n2)ccc1F. The molecule has 0 aliphatic heterocycles. The first-order chi connectivity index (χ1) is 10.1. The summed E-state index contributed by atoms with van der Waals surface area (Å²) in [6.45, 7) is 1.71. The lowest BCUT2D eigenvalue weighted by Gasteiger charge is -2.06. The van der Waals surface area contributed by atoms with Crippen LogP contribution in [0.5, 0.6) is 0 Å². The van der Waals surface area contributed by atoms with Crippen LogP contribution >= 0.6 is 11.6 Å². The van der Waals surface area contributed by atoms with Crippen molar-refractivity contribution in [2.24, 2.45) is 0 Å². The zero-order valence-electron chi connectivity index (χ0n) is 11.3. The molecule has 104 valence electrons. The Balaban J connectivity index is 2.11. The summed E-state index contributed by atoms with van der Waals surface area (Å²) in [6, 6.07) is 16.2. The quantitative estimate of drug-likeness (QED) is 0.628. The van der Waals surface area contributed by atoms with E-state index in [0.29, 0.717) is 16.5 Å².